The summed E-state index contributed by atoms with van der Waals surface area (Å²) in [6.07, 6.45) is 0. The summed E-state index contributed by atoms with van der Waals surface area (Å²) >= 11 is 9.31. The SMILES string of the molecule is CCO.CCOC.S=S=S=S=S=S=S=S=S=S. The molecule has 0 fully saturated rings. The fourth-order valence-corrected chi connectivity index (χ4v) is 16.5. The lowest BCUT2D eigenvalue weighted by atomic mass is 10.9. The number of rotatable bonds is 1. The Bertz CT molecular complexity index is 397. The van der Waals surface area contributed by atoms with Gasteiger partial charge in [-0.25, -0.2) is 0 Å². The summed E-state index contributed by atoms with van der Waals surface area (Å²) in [5, 5.41) is 7.57. The first-order chi connectivity index (χ1) is 8.24. The molecule has 0 aromatic rings. The van der Waals surface area contributed by atoms with Crippen LogP contribution in [0.3, 0.4) is 0 Å². The molecule has 0 aliphatic carbocycles. The van der Waals surface area contributed by atoms with Gasteiger partial charge in [-0.1, -0.05) is 0 Å². The summed E-state index contributed by atoms with van der Waals surface area (Å²) < 4.78 is 4.54. The third-order valence-electron chi connectivity index (χ3n) is 0.483. The Morgan fingerprint density at radius 1 is 0.882 bits per heavy atom. The van der Waals surface area contributed by atoms with Crippen molar-refractivity contribution in [2.45, 2.75) is 13.8 Å². The van der Waals surface area contributed by atoms with E-state index in [9.17, 15) is 0 Å². The highest BCUT2D eigenvalue weighted by Gasteiger charge is 1.51. The largest absolute Gasteiger partial charge is 0.397 e. The van der Waals surface area contributed by atoms with E-state index in [2.05, 4.69) is 27.1 Å². The molecular formula is C5H14O2S10. The van der Waals surface area contributed by atoms with Gasteiger partial charge < -0.3 is 9.84 Å². The minimum absolute atomic E-state index is 0.250. The standard InChI is InChI=1S/C3H8O.C2H6O.S10/c1-3-4-2;1-2-3;1-3-5-7-9-10-8-6-4-2/h3H2,1-2H3;3H,2H2,1H3;. The molecule has 0 atom stereocenters. The zero-order valence-corrected chi connectivity index (χ0v) is 17.5. The van der Waals surface area contributed by atoms with E-state index in [1.807, 2.05) is 6.92 Å². The molecule has 0 aliphatic rings. The summed E-state index contributed by atoms with van der Waals surface area (Å²) in [7, 11) is 14.4. The summed E-state index contributed by atoms with van der Waals surface area (Å²) in [5.74, 6) is 0. The first kappa shape index (κ1) is 24.2. The smallest absolute Gasteiger partial charge is 0.0433 e. The second-order valence-corrected chi connectivity index (χ2v) is 15.6. The zero-order valence-electron chi connectivity index (χ0n) is 9.35. The van der Waals surface area contributed by atoms with Crippen LogP contribution in [0.2, 0.25) is 0 Å². The van der Waals surface area contributed by atoms with Gasteiger partial charge in [0.1, 0.15) is 0 Å². The van der Waals surface area contributed by atoms with Gasteiger partial charge in [0.05, 0.1) is 0 Å². The van der Waals surface area contributed by atoms with Crippen molar-refractivity contribution in [3.05, 3.63) is 0 Å². The molecule has 106 valence electrons. The number of hydrogen-bond acceptors (Lipinski definition) is 4. The molecule has 0 heterocycles. The predicted octanol–water partition coefficient (Wildman–Crippen LogP) is 0.627. The van der Waals surface area contributed by atoms with Crippen LogP contribution in [0, 0.1) is 0 Å². The Kier molecular flexibility index (Phi) is 43.8. The van der Waals surface area contributed by atoms with E-state index in [1.165, 1.54) is 17.8 Å². The molecule has 0 aliphatic heterocycles. The molecular weight excluding hydrogens is 413 g/mol. The Morgan fingerprint density at radius 3 is 1.29 bits per heavy atom. The molecule has 2 nitrogen and oxygen atoms in total. The maximum atomic E-state index is 7.57. The van der Waals surface area contributed by atoms with Crippen molar-refractivity contribution in [2.24, 2.45) is 0 Å². The number of methoxy groups -OCH3 is 1. The van der Waals surface area contributed by atoms with E-state index < -0.39 is 0 Å². The highest BCUT2D eigenvalue weighted by atomic mass is 33.4. The van der Waals surface area contributed by atoms with Crippen LogP contribution in [0.5, 0.6) is 0 Å². The van der Waals surface area contributed by atoms with Gasteiger partial charge in [-0.05, 0) is 13.8 Å². The lowest BCUT2D eigenvalue weighted by Gasteiger charge is -1.76. The van der Waals surface area contributed by atoms with Gasteiger partial charge in [0, 0.05) is 114 Å². The maximum Gasteiger partial charge on any atom is 0.0433 e. The minimum atomic E-state index is 0.250. The van der Waals surface area contributed by atoms with E-state index in [-0.39, 0.29) is 6.61 Å². The van der Waals surface area contributed by atoms with E-state index in [4.69, 9.17) is 5.11 Å². The van der Waals surface area contributed by atoms with Crippen LogP contribution in [0.15, 0.2) is 0 Å². The van der Waals surface area contributed by atoms with E-state index >= 15 is 0 Å². The summed E-state index contributed by atoms with van der Waals surface area (Å²) in [5.41, 5.74) is 0. The van der Waals surface area contributed by atoms with Gasteiger partial charge in [0.2, 0.25) is 0 Å². The van der Waals surface area contributed by atoms with E-state index in [0.717, 1.165) is 6.61 Å². The van der Waals surface area contributed by atoms with Crippen LogP contribution >= 0.6 is 0 Å². The van der Waals surface area contributed by atoms with Crippen molar-refractivity contribution < 1.29 is 9.84 Å². The Hall–Kier alpha value is 2.12. The molecule has 1 N–H and O–H groups in total. The van der Waals surface area contributed by atoms with Gasteiger partial charge >= 0.3 is 0 Å². The van der Waals surface area contributed by atoms with Gasteiger partial charge in [-0.15, -0.1) is 0 Å². The molecule has 0 radical (unpaired) electrons. The van der Waals surface area contributed by atoms with Crippen molar-refractivity contribution in [2.75, 3.05) is 20.3 Å². The van der Waals surface area contributed by atoms with Gasteiger partial charge in [0.15, 0.2) is 0 Å². The van der Waals surface area contributed by atoms with Crippen molar-refractivity contribution in [3.63, 3.8) is 0 Å². The quantitative estimate of drug-likeness (QED) is 0.666. The Balaban J connectivity index is -0.000000232. The van der Waals surface area contributed by atoms with Crippen LogP contribution in [0.4, 0.5) is 0 Å². The van der Waals surface area contributed by atoms with Gasteiger partial charge in [0.25, 0.3) is 0 Å². The molecule has 0 saturated carbocycles. The molecule has 0 spiro atoms. The summed E-state index contributed by atoms with van der Waals surface area (Å²) in [6.45, 7) is 4.71. The molecule has 0 bridgehead atoms. The third-order valence-corrected chi connectivity index (χ3v) is 16.0. The molecule has 0 aromatic carbocycles. The maximum absolute atomic E-state index is 7.57. The predicted molar refractivity (Wildman–Crippen MR) is 104 cm³/mol. The molecule has 0 aromatic heterocycles. The van der Waals surface area contributed by atoms with Crippen molar-refractivity contribution in [1.29, 1.82) is 0 Å². The van der Waals surface area contributed by atoms with Gasteiger partial charge in [-0.3, -0.25) is 0 Å². The van der Waals surface area contributed by atoms with Crippen molar-refractivity contribution in [3.8, 4) is 0 Å². The zero-order chi connectivity index (χ0) is 13.8. The number of hydrogen-bond donors (Lipinski definition) is 1. The summed E-state index contributed by atoms with van der Waals surface area (Å²) in [6, 6.07) is 0. The average molecular weight is 427 g/mol. The molecule has 0 amide bonds. The monoisotopic (exact) mass is 426 g/mol. The highest BCUT2D eigenvalue weighted by molar-refractivity contribution is 8.73. The number of aliphatic hydroxyl groups is 1. The Morgan fingerprint density at radius 2 is 1.12 bits per heavy atom. The minimum Gasteiger partial charge on any atom is -0.397 e. The van der Waals surface area contributed by atoms with Crippen molar-refractivity contribution in [1.82, 2.24) is 0 Å². The fourth-order valence-electron chi connectivity index (χ4n) is 0.0680. The van der Waals surface area contributed by atoms with Gasteiger partial charge in [-0.2, -0.15) is 0 Å². The normalized spacial score (nSPS) is 6.82. The van der Waals surface area contributed by atoms with Crippen LogP contribution in [0.25, 0.3) is 0 Å². The molecule has 17 heavy (non-hydrogen) atoms. The first-order valence-electron chi connectivity index (χ1n) is 3.93. The number of aliphatic hydroxyl groups excluding tert-OH is 1. The van der Waals surface area contributed by atoms with Crippen LogP contribution in [-0.2, 0) is 98.2 Å². The topological polar surface area (TPSA) is 29.5 Å². The molecule has 12 heteroatoms. The third kappa shape index (κ3) is 46.0. The van der Waals surface area contributed by atoms with Crippen LogP contribution in [0.1, 0.15) is 13.8 Å². The number of ether oxygens (including phenoxy) is 1. The lowest BCUT2D eigenvalue weighted by molar-refractivity contribution is 0.215. The average Bonchev–Trinajstić information content (AvgIpc) is 2.35. The first-order valence-corrected chi connectivity index (χ1v) is 15.9. The molecule has 0 unspecified atom stereocenters. The fraction of sp³-hybridized carbons (Fsp3) is 1.00. The Labute approximate surface area is 136 Å². The van der Waals surface area contributed by atoms with E-state index in [0.29, 0.717) is 0 Å². The van der Waals surface area contributed by atoms with E-state index in [1.54, 1.807) is 67.3 Å². The lowest BCUT2D eigenvalue weighted by Crippen LogP contribution is -1.73. The van der Waals surface area contributed by atoms with Crippen LogP contribution < -0.4 is 0 Å². The highest BCUT2D eigenvalue weighted by Crippen LogP contribution is 1.52. The van der Waals surface area contributed by atoms with Crippen LogP contribution in [-0.4, -0.2) is 25.4 Å². The summed E-state index contributed by atoms with van der Waals surface area (Å²) in [4.78, 5) is 0. The second-order valence-electron chi connectivity index (χ2n) is 1.44. The van der Waals surface area contributed by atoms with Crippen molar-refractivity contribution >= 4 is 93.4 Å². The molecule has 0 saturated heterocycles. The second kappa shape index (κ2) is 30.9. The molecule has 0 rings (SSSR count).